The molecule has 0 radical (unpaired) electrons. The third-order valence-electron chi connectivity index (χ3n) is 4.08. The fourth-order valence-electron chi connectivity index (χ4n) is 2.56. The molecular weight excluding hydrogens is 388 g/mol. The van der Waals surface area contributed by atoms with E-state index in [1.807, 2.05) is 5.32 Å². The summed E-state index contributed by atoms with van der Waals surface area (Å²) in [5.41, 5.74) is 0.437. The molecule has 28 heavy (non-hydrogen) atoms. The lowest BCUT2D eigenvalue weighted by molar-refractivity contribution is -0.139. The van der Waals surface area contributed by atoms with Gasteiger partial charge in [0.1, 0.15) is 4.90 Å². The number of hydrogen-bond acceptors (Lipinski definition) is 4. The van der Waals surface area contributed by atoms with Gasteiger partial charge in [0.2, 0.25) is 0 Å². The molecule has 1 amide bonds. The minimum Gasteiger partial charge on any atom is -0.320 e. The number of alkyl halides is 2. The molecule has 6 nitrogen and oxygen atoms in total. The van der Waals surface area contributed by atoms with E-state index in [0.717, 1.165) is 12.3 Å². The highest BCUT2D eigenvalue weighted by molar-refractivity contribution is 7.93. The number of fused-ring (bicyclic) bond motifs is 1. The van der Waals surface area contributed by atoms with Crippen LogP contribution in [-0.4, -0.2) is 25.2 Å². The smallest absolute Gasteiger partial charge is 0.320 e. The SMILES string of the molecule is CCC(F)(F)C(=O)Nc1ccccc1S(=O)(=O)Nc1cccc2cccnc12. The zero-order valence-electron chi connectivity index (χ0n) is 14.8. The van der Waals surface area contributed by atoms with Gasteiger partial charge in [-0.1, -0.05) is 37.3 Å². The van der Waals surface area contributed by atoms with Crippen LogP contribution in [0.4, 0.5) is 20.2 Å². The molecule has 0 spiro atoms. The van der Waals surface area contributed by atoms with E-state index in [-0.39, 0.29) is 16.3 Å². The highest BCUT2D eigenvalue weighted by Crippen LogP contribution is 2.28. The van der Waals surface area contributed by atoms with E-state index in [2.05, 4.69) is 9.71 Å². The molecule has 3 aromatic rings. The third-order valence-corrected chi connectivity index (χ3v) is 5.50. The molecule has 0 fully saturated rings. The molecule has 0 unspecified atom stereocenters. The van der Waals surface area contributed by atoms with Crippen LogP contribution >= 0.6 is 0 Å². The number of para-hydroxylation sites is 2. The van der Waals surface area contributed by atoms with E-state index in [0.29, 0.717) is 5.52 Å². The standard InChI is InChI=1S/C19H17F2N3O3S/c1-2-19(20,21)18(25)23-14-9-3-4-11-16(14)28(26,27)24-15-10-5-7-13-8-6-12-22-17(13)15/h3-12,24H,2H2,1H3,(H,23,25). The molecule has 0 aliphatic rings. The van der Waals surface area contributed by atoms with Crippen molar-refractivity contribution >= 4 is 38.2 Å². The maximum atomic E-state index is 13.6. The van der Waals surface area contributed by atoms with Gasteiger partial charge < -0.3 is 5.32 Å². The summed E-state index contributed by atoms with van der Waals surface area (Å²) in [6.45, 7) is 1.16. The second-order valence-electron chi connectivity index (χ2n) is 5.99. The third kappa shape index (κ3) is 3.94. The van der Waals surface area contributed by atoms with Crippen molar-refractivity contribution in [1.82, 2.24) is 4.98 Å². The van der Waals surface area contributed by atoms with Crippen molar-refractivity contribution in [2.45, 2.75) is 24.2 Å². The Morgan fingerprint density at radius 1 is 1.04 bits per heavy atom. The zero-order valence-corrected chi connectivity index (χ0v) is 15.6. The Bertz CT molecular complexity index is 1130. The molecule has 2 aromatic carbocycles. The molecule has 1 aromatic heterocycles. The molecule has 2 N–H and O–H groups in total. The van der Waals surface area contributed by atoms with Crippen LogP contribution in [0.5, 0.6) is 0 Å². The van der Waals surface area contributed by atoms with Crippen LogP contribution < -0.4 is 10.0 Å². The second-order valence-corrected chi connectivity index (χ2v) is 7.65. The molecule has 9 heteroatoms. The second kappa shape index (κ2) is 7.51. The van der Waals surface area contributed by atoms with Crippen molar-refractivity contribution in [3.63, 3.8) is 0 Å². The van der Waals surface area contributed by atoms with Crippen LogP contribution in [0.25, 0.3) is 10.9 Å². The van der Waals surface area contributed by atoms with Crippen molar-refractivity contribution in [3.8, 4) is 0 Å². The normalized spacial score (nSPS) is 12.0. The molecule has 1 heterocycles. The minimum atomic E-state index is -4.18. The number of aromatic nitrogens is 1. The van der Waals surface area contributed by atoms with Gasteiger partial charge in [-0.15, -0.1) is 0 Å². The number of amides is 1. The predicted molar refractivity (Wildman–Crippen MR) is 103 cm³/mol. The van der Waals surface area contributed by atoms with E-state index in [9.17, 15) is 22.0 Å². The number of carbonyl (C=O) groups is 1. The van der Waals surface area contributed by atoms with Crippen LogP contribution in [-0.2, 0) is 14.8 Å². The molecule has 0 saturated carbocycles. The summed E-state index contributed by atoms with van der Waals surface area (Å²) in [6, 6.07) is 13.8. The Balaban J connectivity index is 1.98. The van der Waals surface area contributed by atoms with Gasteiger partial charge in [0.15, 0.2) is 0 Å². The van der Waals surface area contributed by atoms with Crippen LogP contribution in [0.3, 0.4) is 0 Å². The number of nitrogens with zero attached hydrogens (tertiary/aromatic N) is 1. The number of halogens is 2. The molecule has 0 atom stereocenters. The Morgan fingerprint density at radius 3 is 2.46 bits per heavy atom. The number of pyridine rings is 1. The summed E-state index contributed by atoms with van der Waals surface area (Å²) < 4.78 is 55.4. The number of carbonyl (C=O) groups excluding carboxylic acids is 1. The molecule has 0 aliphatic heterocycles. The van der Waals surface area contributed by atoms with Gasteiger partial charge in [-0.05, 0) is 24.3 Å². The lowest BCUT2D eigenvalue weighted by Gasteiger charge is -2.17. The molecule has 0 aliphatic carbocycles. The van der Waals surface area contributed by atoms with Gasteiger partial charge in [-0.25, -0.2) is 8.42 Å². The van der Waals surface area contributed by atoms with Crippen LogP contribution in [0, 0.1) is 0 Å². The molecule has 3 rings (SSSR count). The first-order chi connectivity index (χ1) is 13.2. The number of benzene rings is 2. The van der Waals surface area contributed by atoms with E-state index >= 15 is 0 Å². The van der Waals surface area contributed by atoms with Crippen molar-refractivity contribution in [3.05, 3.63) is 60.8 Å². The molecule has 0 saturated heterocycles. The van der Waals surface area contributed by atoms with Crippen LogP contribution in [0.15, 0.2) is 65.7 Å². The number of hydrogen-bond donors (Lipinski definition) is 2. The van der Waals surface area contributed by atoms with Gasteiger partial charge >= 0.3 is 5.92 Å². The molecule has 0 bridgehead atoms. The van der Waals surface area contributed by atoms with Crippen LogP contribution in [0.1, 0.15) is 13.3 Å². The predicted octanol–water partition coefficient (Wildman–Crippen LogP) is 4.02. The number of nitrogens with one attached hydrogen (secondary N) is 2. The van der Waals surface area contributed by atoms with Crippen molar-refractivity contribution in [1.29, 1.82) is 0 Å². The summed E-state index contributed by atoms with van der Waals surface area (Å²) in [5, 5.41) is 2.74. The number of rotatable bonds is 6. The van der Waals surface area contributed by atoms with Gasteiger partial charge in [0.25, 0.3) is 15.9 Å². The van der Waals surface area contributed by atoms with E-state index < -0.39 is 28.3 Å². The van der Waals surface area contributed by atoms with Crippen molar-refractivity contribution < 1.29 is 22.0 Å². The molecule has 146 valence electrons. The van der Waals surface area contributed by atoms with E-state index in [1.54, 1.807) is 30.3 Å². The van der Waals surface area contributed by atoms with Crippen molar-refractivity contribution in [2.75, 3.05) is 10.0 Å². The monoisotopic (exact) mass is 405 g/mol. The Labute approximate surface area is 160 Å². The van der Waals surface area contributed by atoms with E-state index in [4.69, 9.17) is 0 Å². The average molecular weight is 405 g/mol. The largest absolute Gasteiger partial charge is 0.324 e. The van der Waals surface area contributed by atoms with Gasteiger partial charge in [-0.3, -0.25) is 14.5 Å². The first-order valence-corrected chi connectivity index (χ1v) is 9.88. The minimum absolute atomic E-state index is 0.234. The quantitative estimate of drug-likeness (QED) is 0.648. The van der Waals surface area contributed by atoms with E-state index in [1.165, 1.54) is 30.5 Å². The average Bonchev–Trinajstić information content (AvgIpc) is 2.68. The Morgan fingerprint density at radius 2 is 1.71 bits per heavy atom. The summed E-state index contributed by atoms with van der Waals surface area (Å²) >= 11 is 0. The summed E-state index contributed by atoms with van der Waals surface area (Å²) in [7, 11) is -4.18. The maximum absolute atomic E-state index is 13.6. The zero-order chi connectivity index (χ0) is 20.4. The van der Waals surface area contributed by atoms with Crippen LogP contribution in [0.2, 0.25) is 0 Å². The molecular formula is C19H17F2N3O3S. The highest BCUT2D eigenvalue weighted by Gasteiger charge is 2.37. The summed E-state index contributed by atoms with van der Waals surface area (Å²) in [6.07, 6.45) is 0.828. The summed E-state index contributed by atoms with van der Waals surface area (Å²) in [4.78, 5) is 15.6. The number of sulfonamides is 1. The maximum Gasteiger partial charge on any atom is 0.324 e. The lowest BCUT2D eigenvalue weighted by Crippen LogP contribution is -2.34. The first kappa shape index (κ1) is 19.7. The topological polar surface area (TPSA) is 88.2 Å². The Hall–Kier alpha value is -3.07. The van der Waals surface area contributed by atoms with Gasteiger partial charge in [-0.2, -0.15) is 8.78 Å². The van der Waals surface area contributed by atoms with Gasteiger partial charge in [0.05, 0.1) is 16.9 Å². The fourth-order valence-corrected chi connectivity index (χ4v) is 3.80. The van der Waals surface area contributed by atoms with Crippen molar-refractivity contribution in [2.24, 2.45) is 0 Å². The number of anilines is 2. The lowest BCUT2D eigenvalue weighted by atomic mass is 10.2. The highest BCUT2D eigenvalue weighted by atomic mass is 32.2. The first-order valence-electron chi connectivity index (χ1n) is 8.39. The Kier molecular flexibility index (Phi) is 5.28. The van der Waals surface area contributed by atoms with Gasteiger partial charge in [0, 0.05) is 18.0 Å². The fraction of sp³-hybridized carbons (Fsp3) is 0.158. The summed E-state index contributed by atoms with van der Waals surface area (Å²) in [5.74, 6) is -5.17.